The monoisotopic (exact) mass is 377 g/mol. The van der Waals surface area contributed by atoms with Crippen molar-refractivity contribution in [1.29, 1.82) is 0 Å². The summed E-state index contributed by atoms with van der Waals surface area (Å²) >= 11 is 0. The van der Waals surface area contributed by atoms with Crippen LogP contribution < -0.4 is 0 Å². The second-order valence-corrected chi connectivity index (χ2v) is 8.35. The lowest BCUT2D eigenvalue weighted by molar-refractivity contribution is -0.129. The molecule has 1 atom stereocenters. The van der Waals surface area contributed by atoms with E-state index >= 15 is 0 Å². The van der Waals surface area contributed by atoms with Gasteiger partial charge in [0.05, 0.1) is 24.4 Å². The molecule has 1 fully saturated rings. The Bertz CT molecular complexity index is 1050. The van der Waals surface area contributed by atoms with E-state index < -0.39 is 0 Å². The number of aromatic nitrogens is 2. The third-order valence-electron chi connectivity index (χ3n) is 6.38. The number of rotatable bonds is 3. The van der Waals surface area contributed by atoms with Crippen molar-refractivity contribution in [2.45, 2.75) is 58.4 Å². The molecule has 0 spiro atoms. The van der Waals surface area contributed by atoms with Crippen LogP contribution in [0.1, 0.15) is 53.6 Å². The third-order valence-corrected chi connectivity index (χ3v) is 6.38. The summed E-state index contributed by atoms with van der Waals surface area (Å²) in [7, 11) is 0. The van der Waals surface area contributed by atoms with Gasteiger partial charge in [0.2, 0.25) is 5.91 Å². The zero-order valence-corrected chi connectivity index (χ0v) is 16.7. The Labute approximate surface area is 165 Å². The van der Waals surface area contributed by atoms with Gasteiger partial charge in [-0.3, -0.25) is 4.79 Å². The lowest BCUT2D eigenvalue weighted by Gasteiger charge is -2.21. The number of carbonyl (C=O) groups excluding carboxylic acids is 1. The summed E-state index contributed by atoms with van der Waals surface area (Å²) in [5.74, 6) is 1.31. The van der Waals surface area contributed by atoms with Gasteiger partial charge in [0.1, 0.15) is 11.4 Å². The van der Waals surface area contributed by atoms with Crippen LogP contribution in [0.3, 0.4) is 0 Å². The van der Waals surface area contributed by atoms with Gasteiger partial charge < -0.3 is 13.9 Å². The maximum absolute atomic E-state index is 13.0. The summed E-state index contributed by atoms with van der Waals surface area (Å²) in [5.41, 5.74) is 5.72. The fourth-order valence-corrected chi connectivity index (χ4v) is 4.96. The van der Waals surface area contributed by atoms with Crippen LogP contribution in [-0.2, 0) is 24.1 Å². The van der Waals surface area contributed by atoms with E-state index in [-0.39, 0.29) is 5.91 Å². The quantitative estimate of drug-likeness (QED) is 0.689. The number of amides is 1. The lowest BCUT2D eigenvalue weighted by Crippen LogP contribution is -2.30. The van der Waals surface area contributed by atoms with Crippen LogP contribution in [0, 0.1) is 13.8 Å². The molecule has 28 heavy (non-hydrogen) atoms. The summed E-state index contributed by atoms with van der Waals surface area (Å²) in [6.07, 6.45) is 7.89. The van der Waals surface area contributed by atoms with E-state index in [9.17, 15) is 4.79 Å². The van der Waals surface area contributed by atoms with Crippen molar-refractivity contribution in [3.63, 3.8) is 0 Å². The third kappa shape index (κ3) is 2.93. The van der Waals surface area contributed by atoms with Crippen LogP contribution in [0.5, 0.6) is 0 Å². The summed E-state index contributed by atoms with van der Waals surface area (Å²) < 4.78 is 8.10. The number of aryl methyl sites for hydroxylation is 3. The van der Waals surface area contributed by atoms with E-state index in [2.05, 4.69) is 23.6 Å². The summed E-state index contributed by atoms with van der Waals surface area (Å²) in [6.45, 7) is 5.78. The number of hydrogen-bond donors (Lipinski definition) is 0. The standard InChI is InChI=1S/C23H27N3O2/c1-15-7-8-19-17(14-28-22(19)11-15)12-23(27)25-10-9-18(13-25)26-16(2)24-20-5-3-4-6-21(20)26/h7-8,11,14,18H,3-6,9-10,12-13H2,1-2H3/t18-/m1/s1. The highest BCUT2D eigenvalue weighted by Crippen LogP contribution is 2.31. The van der Waals surface area contributed by atoms with Crippen molar-refractivity contribution in [2.24, 2.45) is 0 Å². The van der Waals surface area contributed by atoms with Crippen molar-refractivity contribution >= 4 is 16.9 Å². The minimum Gasteiger partial charge on any atom is -0.464 e. The minimum atomic E-state index is 0.192. The largest absolute Gasteiger partial charge is 0.464 e. The first-order chi connectivity index (χ1) is 13.6. The number of imidazole rings is 1. The topological polar surface area (TPSA) is 51.3 Å². The molecule has 0 unspecified atom stereocenters. The highest BCUT2D eigenvalue weighted by Gasteiger charge is 2.31. The average Bonchev–Trinajstić information content (AvgIpc) is 3.38. The van der Waals surface area contributed by atoms with E-state index in [0.717, 1.165) is 54.7 Å². The fourth-order valence-electron chi connectivity index (χ4n) is 4.96. The minimum absolute atomic E-state index is 0.192. The van der Waals surface area contributed by atoms with Crippen molar-refractivity contribution < 1.29 is 9.21 Å². The Kier molecular flexibility index (Phi) is 4.26. The Morgan fingerprint density at radius 3 is 3.00 bits per heavy atom. The second-order valence-electron chi connectivity index (χ2n) is 8.35. The van der Waals surface area contributed by atoms with Crippen molar-refractivity contribution in [3.05, 3.63) is 52.8 Å². The van der Waals surface area contributed by atoms with E-state index in [1.165, 1.54) is 29.8 Å². The normalized spacial score (nSPS) is 19.4. The number of fused-ring (bicyclic) bond motifs is 2. The number of likely N-dealkylation sites (tertiary alicyclic amines) is 1. The molecule has 2 aromatic heterocycles. The summed E-state index contributed by atoms with van der Waals surface area (Å²) in [6, 6.07) is 6.52. The van der Waals surface area contributed by atoms with Crippen LogP contribution in [0.25, 0.3) is 11.0 Å². The van der Waals surface area contributed by atoms with Crippen LogP contribution in [-0.4, -0.2) is 33.4 Å². The summed E-state index contributed by atoms with van der Waals surface area (Å²) in [4.78, 5) is 19.8. The van der Waals surface area contributed by atoms with Gasteiger partial charge in [-0.25, -0.2) is 4.98 Å². The molecule has 0 N–H and O–H groups in total. The Morgan fingerprint density at radius 2 is 2.11 bits per heavy atom. The van der Waals surface area contributed by atoms with Gasteiger partial charge in [-0.2, -0.15) is 0 Å². The first-order valence-corrected chi connectivity index (χ1v) is 10.4. The highest BCUT2D eigenvalue weighted by atomic mass is 16.3. The van der Waals surface area contributed by atoms with Gasteiger partial charge in [0.25, 0.3) is 0 Å². The number of nitrogens with zero attached hydrogens (tertiary/aromatic N) is 3. The Hall–Kier alpha value is -2.56. The van der Waals surface area contributed by atoms with Crippen LogP contribution in [0.4, 0.5) is 0 Å². The lowest BCUT2D eigenvalue weighted by atomic mass is 10.0. The first-order valence-electron chi connectivity index (χ1n) is 10.4. The molecular formula is C23H27N3O2. The first kappa shape index (κ1) is 17.5. The molecule has 1 amide bonds. The molecule has 3 heterocycles. The second kappa shape index (κ2) is 6.80. The molecule has 1 aromatic carbocycles. The molecule has 5 rings (SSSR count). The molecule has 1 aliphatic carbocycles. The Balaban J connectivity index is 1.32. The predicted molar refractivity (Wildman–Crippen MR) is 108 cm³/mol. The maximum atomic E-state index is 13.0. The van der Waals surface area contributed by atoms with Crippen molar-refractivity contribution in [1.82, 2.24) is 14.5 Å². The number of benzene rings is 1. The molecule has 5 nitrogen and oxygen atoms in total. The van der Waals surface area contributed by atoms with Gasteiger partial charge in [0, 0.05) is 29.7 Å². The molecular weight excluding hydrogens is 350 g/mol. The molecule has 3 aromatic rings. The van der Waals surface area contributed by atoms with E-state index in [1.807, 2.05) is 17.9 Å². The zero-order chi connectivity index (χ0) is 19.3. The molecule has 146 valence electrons. The molecule has 5 heteroatoms. The maximum Gasteiger partial charge on any atom is 0.227 e. The van der Waals surface area contributed by atoms with Gasteiger partial charge in [-0.15, -0.1) is 0 Å². The molecule has 0 radical (unpaired) electrons. The zero-order valence-electron chi connectivity index (χ0n) is 16.7. The Morgan fingerprint density at radius 1 is 1.25 bits per heavy atom. The van der Waals surface area contributed by atoms with Gasteiger partial charge >= 0.3 is 0 Å². The summed E-state index contributed by atoms with van der Waals surface area (Å²) in [5, 5.41) is 1.05. The molecule has 1 aliphatic heterocycles. The average molecular weight is 377 g/mol. The molecule has 0 saturated carbocycles. The SMILES string of the molecule is Cc1ccc2c(CC(=O)N3CC[C@@H](n4c(C)nc5c4CCCC5)C3)coc2c1. The van der Waals surface area contributed by atoms with Crippen LogP contribution in [0.15, 0.2) is 28.9 Å². The predicted octanol–water partition coefficient (Wildman–Crippen LogP) is 4.14. The van der Waals surface area contributed by atoms with Gasteiger partial charge in [0.15, 0.2) is 0 Å². The molecule has 0 bridgehead atoms. The highest BCUT2D eigenvalue weighted by molar-refractivity contribution is 5.88. The van der Waals surface area contributed by atoms with Gasteiger partial charge in [-0.05, 0) is 57.6 Å². The smallest absolute Gasteiger partial charge is 0.227 e. The number of furan rings is 1. The number of carbonyl (C=O) groups is 1. The van der Waals surface area contributed by atoms with E-state index in [0.29, 0.717) is 12.5 Å². The van der Waals surface area contributed by atoms with Crippen LogP contribution >= 0.6 is 0 Å². The van der Waals surface area contributed by atoms with Crippen LogP contribution in [0.2, 0.25) is 0 Å². The fraction of sp³-hybridized carbons (Fsp3) is 0.478. The van der Waals surface area contributed by atoms with Crippen molar-refractivity contribution in [3.8, 4) is 0 Å². The molecule has 1 saturated heterocycles. The molecule has 2 aliphatic rings. The number of hydrogen-bond acceptors (Lipinski definition) is 3. The van der Waals surface area contributed by atoms with Gasteiger partial charge in [-0.1, -0.05) is 12.1 Å². The van der Waals surface area contributed by atoms with E-state index in [4.69, 9.17) is 9.40 Å². The van der Waals surface area contributed by atoms with E-state index in [1.54, 1.807) is 6.26 Å². The van der Waals surface area contributed by atoms with Crippen molar-refractivity contribution in [2.75, 3.05) is 13.1 Å².